The van der Waals surface area contributed by atoms with Gasteiger partial charge in [-0.3, -0.25) is 0 Å². The molecule has 2 rings (SSSR count). The SMILES string of the molecule is Cc1cc2c(NCC(C)(C)CCCl)ncnc2s1. The lowest BCUT2D eigenvalue weighted by atomic mass is 9.90. The molecule has 2 aromatic rings. The highest BCUT2D eigenvalue weighted by atomic mass is 35.5. The minimum Gasteiger partial charge on any atom is -0.369 e. The van der Waals surface area contributed by atoms with Crippen molar-refractivity contribution in [2.24, 2.45) is 5.41 Å². The van der Waals surface area contributed by atoms with Gasteiger partial charge in [0, 0.05) is 17.3 Å². The highest BCUT2D eigenvalue weighted by Gasteiger charge is 2.17. The van der Waals surface area contributed by atoms with Crippen LogP contribution < -0.4 is 5.32 Å². The number of fused-ring (bicyclic) bond motifs is 1. The van der Waals surface area contributed by atoms with Gasteiger partial charge in [-0.25, -0.2) is 9.97 Å². The van der Waals surface area contributed by atoms with Crippen molar-refractivity contribution < 1.29 is 0 Å². The van der Waals surface area contributed by atoms with Gasteiger partial charge in [0.25, 0.3) is 0 Å². The number of nitrogens with zero attached hydrogens (tertiary/aromatic N) is 2. The quantitative estimate of drug-likeness (QED) is 0.841. The molecule has 0 saturated carbocycles. The van der Waals surface area contributed by atoms with Gasteiger partial charge >= 0.3 is 0 Å². The van der Waals surface area contributed by atoms with Gasteiger partial charge in [0.15, 0.2) is 0 Å². The molecule has 0 amide bonds. The molecular weight excluding hydrogens is 266 g/mol. The first-order valence-corrected chi connectivity index (χ1v) is 7.38. The summed E-state index contributed by atoms with van der Waals surface area (Å²) in [5.41, 5.74) is 0.171. The van der Waals surface area contributed by atoms with Crippen LogP contribution in [-0.4, -0.2) is 22.4 Å². The molecule has 0 saturated heterocycles. The van der Waals surface area contributed by atoms with Crippen LogP contribution in [0.1, 0.15) is 25.1 Å². The first-order chi connectivity index (χ1) is 8.52. The van der Waals surface area contributed by atoms with Crippen molar-refractivity contribution in [3.8, 4) is 0 Å². The van der Waals surface area contributed by atoms with E-state index in [9.17, 15) is 0 Å². The second-order valence-corrected chi connectivity index (χ2v) is 6.87. The lowest BCUT2D eigenvalue weighted by molar-refractivity contribution is 0.379. The topological polar surface area (TPSA) is 37.8 Å². The molecule has 1 N–H and O–H groups in total. The molecule has 0 atom stereocenters. The van der Waals surface area contributed by atoms with E-state index in [2.05, 4.69) is 42.1 Å². The lowest BCUT2D eigenvalue weighted by Gasteiger charge is -2.24. The fourth-order valence-corrected chi connectivity index (χ4v) is 3.14. The molecule has 0 radical (unpaired) electrons. The number of hydrogen-bond donors (Lipinski definition) is 1. The first kappa shape index (κ1) is 13.6. The minimum atomic E-state index is 0.171. The lowest BCUT2D eigenvalue weighted by Crippen LogP contribution is -2.24. The molecule has 98 valence electrons. The van der Waals surface area contributed by atoms with E-state index in [-0.39, 0.29) is 5.41 Å². The van der Waals surface area contributed by atoms with Crippen molar-refractivity contribution >= 4 is 39.0 Å². The first-order valence-electron chi connectivity index (χ1n) is 6.03. The average molecular weight is 284 g/mol. The highest BCUT2D eigenvalue weighted by molar-refractivity contribution is 7.18. The van der Waals surface area contributed by atoms with Crippen LogP contribution in [0.25, 0.3) is 10.2 Å². The van der Waals surface area contributed by atoms with Crippen LogP contribution in [0, 0.1) is 12.3 Å². The number of nitrogens with one attached hydrogen (secondary N) is 1. The van der Waals surface area contributed by atoms with E-state index in [1.54, 1.807) is 17.7 Å². The van der Waals surface area contributed by atoms with Crippen molar-refractivity contribution in [2.45, 2.75) is 27.2 Å². The zero-order valence-electron chi connectivity index (χ0n) is 11.0. The summed E-state index contributed by atoms with van der Waals surface area (Å²) in [5, 5.41) is 4.54. The Bertz CT molecular complexity index is 536. The molecule has 0 aromatic carbocycles. The smallest absolute Gasteiger partial charge is 0.138 e. The normalized spacial score (nSPS) is 12.0. The minimum absolute atomic E-state index is 0.171. The third-order valence-electron chi connectivity index (χ3n) is 2.96. The van der Waals surface area contributed by atoms with E-state index in [0.29, 0.717) is 5.88 Å². The summed E-state index contributed by atoms with van der Waals surface area (Å²) in [7, 11) is 0. The third kappa shape index (κ3) is 3.12. The molecule has 0 bridgehead atoms. The van der Waals surface area contributed by atoms with E-state index in [0.717, 1.165) is 29.0 Å². The van der Waals surface area contributed by atoms with Crippen LogP contribution in [0.5, 0.6) is 0 Å². The maximum Gasteiger partial charge on any atom is 0.138 e. The molecule has 2 aromatic heterocycles. The van der Waals surface area contributed by atoms with E-state index >= 15 is 0 Å². The van der Waals surface area contributed by atoms with Crippen LogP contribution in [-0.2, 0) is 0 Å². The summed E-state index contributed by atoms with van der Waals surface area (Å²) in [6.07, 6.45) is 2.60. The monoisotopic (exact) mass is 283 g/mol. The Morgan fingerprint density at radius 2 is 2.17 bits per heavy atom. The summed E-state index contributed by atoms with van der Waals surface area (Å²) >= 11 is 7.51. The Morgan fingerprint density at radius 1 is 1.39 bits per heavy atom. The predicted octanol–water partition coefficient (Wildman–Crippen LogP) is 4.07. The Labute approximate surface area is 117 Å². The molecule has 5 heteroatoms. The fraction of sp³-hybridized carbons (Fsp3) is 0.538. The van der Waals surface area contributed by atoms with Crippen molar-refractivity contribution in [3.63, 3.8) is 0 Å². The Kier molecular flexibility index (Phi) is 4.07. The summed E-state index contributed by atoms with van der Waals surface area (Å²) in [4.78, 5) is 10.9. The van der Waals surface area contributed by atoms with Gasteiger partial charge in [-0.2, -0.15) is 0 Å². The van der Waals surface area contributed by atoms with Gasteiger partial charge in [0.05, 0.1) is 5.39 Å². The number of aromatic nitrogens is 2. The fourth-order valence-electron chi connectivity index (χ4n) is 1.78. The second-order valence-electron chi connectivity index (χ2n) is 5.25. The second kappa shape index (κ2) is 5.41. The van der Waals surface area contributed by atoms with Crippen LogP contribution in [0.4, 0.5) is 5.82 Å². The van der Waals surface area contributed by atoms with Crippen molar-refractivity contribution in [3.05, 3.63) is 17.3 Å². The van der Waals surface area contributed by atoms with Crippen LogP contribution in [0.2, 0.25) is 0 Å². The van der Waals surface area contributed by atoms with Gasteiger partial charge in [0.1, 0.15) is 17.0 Å². The van der Waals surface area contributed by atoms with Gasteiger partial charge in [-0.1, -0.05) is 13.8 Å². The summed E-state index contributed by atoms with van der Waals surface area (Å²) < 4.78 is 0. The molecule has 0 aliphatic heterocycles. The summed E-state index contributed by atoms with van der Waals surface area (Å²) in [6.45, 7) is 7.37. The molecule has 0 fully saturated rings. The van der Waals surface area contributed by atoms with Gasteiger partial charge in [-0.05, 0) is 24.8 Å². The van der Waals surface area contributed by atoms with E-state index in [4.69, 9.17) is 11.6 Å². The Hall–Kier alpha value is -0.870. The van der Waals surface area contributed by atoms with Crippen molar-refractivity contribution in [2.75, 3.05) is 17.7 Å². The zero-order valence-corrected chi connectivity index (χ0v) is 12.5. The molecule has 3 nitrogen and oxygen atoms in total. The number of rotatable bonds is 5. The number of halogens is 1. The maximum atomic E-state index is 5.81. The van der Waals surface area contributed by atoms with Gasteiger partial charge in [0.2, 0.25) is 0 Å². The van der Waals surface area contributed by atoms with Gasteiger partial charge in [-0.15, -0.1) is 22.9 Å². The Morgan fingerprint density at radius 3 is 2.89 bits per heavy atom. The highest BCUT2D eigenvalue weighted by Crippen LogP contribution is 2.29. The largest absolute Gasteiger partial charge is 0.369 e. The molecule has 0 aliphatic rings. The number of hydrogen-bond acceptors (Lipinski definition) is 4. The number of anilines is 1. The molecule has 0 aliphatic carbocycles. The standard InChI is InChI=1S/C13H18ClN3S/c1-9-6-10-11(16-8-17-12(10)18-9)15-7-13(2,3)4-5-14/h6,8H,4-5,7H2,1-3H3,(H,15,16,17). The molecular formula is C13H18ClN3S. The predicted molar refractivity (Wildman–Crippen MR) is 79.8 cm³/mol. The van der Waals surface area contributed by atoms with Crippen LogP contribution >= 0.6 is 22.9 Å². The van der Waals surface area contributed by atoms with E-state index in [1.165, 1.54) is 4.88 Å². The number of thiophene rings is 1. The average Bonchev–Trinajstić information content (AvgIpc) is 2.67. The molecule has 18 heavy (non-hydrogen) atoms. The van der Waals surface area contributed by atoms with E-state index in [1.807, 2.05) is 0 Å². The maximum absolute atomic E-state index is 5.81. The zero-order chi connectivity index (χ0) is 13.2. The number of alkyl halides is 1. The summed E-state index contributed by atoms with van der Waals surface area (Å²) in [5.74, 6) is 1.61. The van der Waals surface area contributed by atoms with Gasteiger partial charge < -0.3 is 5.32 Å². The van der Waals surface area contributed by atoms with Crippen LogP contribution in [0.3, 0.4) is 0 Å². The van der Waals surface area contributed by atoms with Crippen LogP contribution in [0.15, 0.2) is 12.4 Å². The third-order valence-corrected chi connectivity index (χ3v) is 4.11. The summed E-state index contributed by atoms with van der Waals surface area (Å²) in [6, 6.07) is 2.14. The molecule has 0 unspecified atom stereocenters. The van der Waals surface area contributed by atoms with Crippen molar-refractivity contribution in [1.29, 1.82) is 0 Å². The molecule has 0 spiro atoms. The number of aryl methyl sites for hydroxylation is 1. The Balaban J connectivity index is 2.17. The van der Waals surface area contributed by atoms with Crippen molar-refractivity contribution in [1.82, 2.24) is 9.97 Å². The molecule has 2 heterocycles. The van der Waals surface area contributed by atoms with E-state index < -0.39 is 0 Å².